The van der Waals surface area contributed by atoms with Crippen LogP contribution in [0.15, 0.2) is 115 Å². The topological polar surface area (TPSA) is 0 Å². The summed E-state index contributed by atoms with van der Waals surface area (Å²) in [5.41, 5.74) is 1.65. The molecule has 148 valence electrons. The molecule has 0 aliphatic carbocycles. The van der Waals surface area contributed by atoms with E-state index in [0.29, 0.717) is 17.3 Å². The molecule has 4 rings (SSSR count). The predicted molar refractivity (Wildman–Crippen MR) is 124 cm³/mol. The van der Waals surface area contributed by atoms with E-state index in [0.717, 1.165) is 16.2 Å². The molecular weight excluding hydrogens is 393 g/mol. The molecule has 0 spiro atoms. The largest absolute Gasteiger partial charge is 0.207 e. The van der Waals surface area contributed by atoms with Crippen LogP contribution in [0.3, 0.4) is 0 Å². The fourth-order valence-electron chi connectivity index (χ4n) is 3.44. The summed E-state index contributed by atoms with van der Waals surface area (Å²) >= 11 is 0. The summed E-state index contributed by atoms with van der Waals surface area (Å²) in [6.07, 6.45) is 2.50. The molecule has 0 saturated carbocycles. The van der Waals surface area contributed by atoms with E-state index in [2.05, 4.69) is 6.08 Å². The van der Waals surface area contributed by atoms with Crippen LogP contribution in [-0.4, -0.2) is 0 Å². The lowest BCUT2D eigenvalue weighted by molar-refractivity contribution is 0.615. The van der Waals surface area contributed by atoms with E-state index >= 15 is 0 Å². The van der Waals surface area contributed by atoms with Gasteiger partial charge in [0.1, 0.15) is 11.6 Å². The Balaban J connectivity index is 1.89. The van der Waals surface area contributed by atoms with Gasteiger partial charge >= 0.3 is 0 Å². The van der Waals surface area contributed by atoms with Crippen molar-refractivity contribution in [3.8, 4) is 0 Å². The molecule has 0 aliphatic heterocycles. The SMILES string of the molecule is Fc1ccccc1C/C=C(/c1ccccc1)P(c1ccccc1)c1ccccc1F. The molecule has 1 atom stereocenters. The van der Waals surface area contributed by atoms with Gasteiger partial charge in [-0.25, -0.2) is 8.78 Å². The highest BCUT2D eigenvalue weighted by Gasteiger charge is 2.23. The molecule has 0 amide bonds. The van der Waals surface area contributed by atoms with E-state index in [1.165, 1.54) is 12.1 Å². The van der Waals surface area contributed by atoms with E-state index in [1.54, 1.807) is 18.2 Å². The normalized spacial score (nSPS) is 12.5. The molecule has 1 unspecified atom stereocenters. The first kappa shape index (κ1) is 20.2. The molecule has 0 aliphatic rings. The lowest BCUT2D eigenvalue weighted by atomic mass is 10.1. The van der Waals surface area contributed by atoms with Crippen molar-refractivity contribution in [3.05, 3.63) is 138 Å². The van der Waals surface area contributed by atoms with Gasteiger partial charge in [0.05, 0.1) is 0 Å². The third-order valence-electron chi connectivity index (χ3n) is 4.89. The minimum atomic E-state index is -1.15. The monoisotopic (exact) mass is 414 g/mol. The molecule has 0 nitrogen and oxygen atoms in total. The van der Waals surface area contributed by atoms with Crippen molar-refractivity contribution in [2.45, 2.75) is 6.42 Å². The molecule has 0 radical (unpaired) electrons. The molecule has 0 heterocycles. The van der Waals surface area contributed by atoms with E-state index in [-0.39, 0.29) is 11.6 Å². The van der Waals surface area contributed by atoms with Gasteiger partial charge in [0.15, 0.2) is 0 Å². The Morgan fingerprint density at radius 2 is 1.20 bits per heavy atom. The zero-order valence-corrected chi connectivity index (χ0v) is 17.3. The highest BCUT2D eigenvalue weighted by Crippen LogP contribution is 2.49. The van der Waals surface area contributed by atoms with Crippen LogP contribution in [-0.2, 0) is 6.42 Å². The number of hydrogen-bond donors (Lipinski definition) is 0. The number of rotatable bonds is 6. The quantitative estimate of drug-likeness (QED) is 0.309. The molecule has 0 N–H and O–H groups in total. The summed E-state index contributed by atoms with van der Waals surface area (Å²) in [4.78, 5) is 0. The molecule has 0 saturated heterocycles. The Labute approximate surface area is 177 Å². The summed E-state index contributed by atoms with van der Waals surface area (Å²) in [7, 11) is -1.15. The summed E-state index contributed by atoms with van der Waals surface area (Å²) in [5.74, 6) is -0.448. The average Bonchev–Trinajstić information content (AvgIpc) is 2.80. The van der Waals surface area contributed by atoms with Crippen LogP contribution in [0.25, 0.3) is 5.31 Å². The summed E-state index contributed by atoms with van der Waals surface area (Å²) < 4.78 is 29.2. The van der Waals surface area contributed by atoms with Gasteiger partial charge in [0, 0.05) is 5.30 Å². The van der Waals surface area contributed by atoms with Gasteiger partial charge in [-0.3, -0.25) is 0 Å². The maximum Gasteiger partial charge on any atom is 0.131 e. The maximum absolute atomic E-state index is 15.0. The third kappa shape index (κ3) is 4.56. The second-order valence-electron chi connectivity index (χ2n) is 6.87. The Hall–Kier alpha value is -3.09. The van der Waals surface area contributed by atoms with Crippen LogP contribution in [0.1, 0.15) is 11.1 Å². The number of allylic oxidation sites excluding steroid dienone is 1. The van der Waals surface area contributed by atoms with E-state index < -0.39 is 7.92 Å². The highest BCUT2D eigenvalue weighted by molar-refractivity contribution is 7.82. The van der Waals surface area contributed by atoms with Crippen molar-refractivity contribution in [3.63, 3.8) is 0 Å². The minimum absolute atomic E-state index is 0.222. The summed E-state index contributed by atoms with van der Waals surface area (Å²) in [6.45, 7) is 0. The standard InChI is InChI=1S/C27H21F2P/c28-24-16-8-7-11-21(24)19-20-26(22-12-3-1-4-13-22)30(23-14-5-2-6-15-23)27-18-10-9-17-25(27)29/h1-18,20H,19H2/b26-20-. The van der Waals surface area contributed by atoms with Crippen LogP contribution in [0.5, 0.6) is 0 Å². The van der Waals surface area contributed by atoms with E-state index in [1.807, 2.05) is 78.9 Å². The van der Waals surface area contributed by atoms with Crippen molar-refractivity contribution in [1.82, 2.24) is 0 Å². The molecular formula is C27H21F2P. The van der Waals surface area contributed by atoms with Gasteiger partial charge in [-0.15, -0.1) is 0 Å². The Bertz CT molecular complexity index is 1140. The first-order valence-electron chi connectivity index (χ1n) is 9.83. The predicted octanol–water partition coefficient (Wildman–Crippen LogP) is 6.68. The van der Waals surface area contributed by atoms with Crippen LogP contribution in [0.4, 0.5) is 8.78 Å². The first-order chi connectivity index (χ1) is 14.7. The van der Waals surface area contributed by atoms with Gasteiger partial charge in [0.2, 0.25) is 0 Å². The maximum atomic E-state index is 15.0. The third-order valence-corrected chi connectivity index (χ3v) is 7.47. The molecule has 3 heteroatoms. The van der Waals surface area contributed by atoms with Crippen molar-refractivity contribution in [2.75, 3.05) is 0 Å². The number of halogens is 2. The van der Waals surface area contributed by atoms with Gasteiger partial charge in [-0.05, 0) is 48.2 Å². The van der Waals surface area contributed by atoms with Crippen molar-refractivity contribution in [1.29, 1.82) is 0 Å². The number of hydrogen-bond acceptors (Lipinski definition) is 0. The summed E-state index contributed by atoms with van der Waals surface area (Å²) in [6, 6.07) is 33.7. The van der Waals surface area contributed by atoms with Crippen molar-refractivity contribution >= 4 is 23.8 Å². The Morgan fingerprint density at radius 1 is 0.633 bits per heavy atom. The smallest absolute Gasteiger partial charge is 0.131 e. The van der Waals surface area contributed by atoms with Crippen LogP contribution in [0.2, 0.25) is 0 Å². The summed E-state index contributed by atoms with van der Waals surface area (Å²) in [5, 5.41) is 2.74. The minimum Gasteiger partial charge on any atom is -0.207 e. The molecule has 0 fully saturated rings. The van der Waals surface area contributed by atoms with Crippen molar-refractivity contribution < 1.29 is 8.78 Å². The Morgan fingerprint density at radius 3 is 1.87 bits per heavy atom. The van der Waals surface area contributed by atoms with Crippen LogP contribution < -0.4 is 10.6 Å². The highest BCUT2D eigenvalue weighted by atomic mass is 31.1. The second kappa shape index (κ2) is 9.61. The van der Waals surface area contributed by atoms with Gasteiger partial charge < -0.3 is 0 Å². The lowest BCUT2D eigenvalue weighted by Crippen LogP contribution is -2.16. The van der Waals surface area contributed by atoms with Gasteiger partial charge in [-0.2, -0.15) is 0 Å². The molecule has 4 aromatic rings. The van der Waals surface area contributed by atoms with E-state index in [9.17, 15) is 8.78 Å². The zero-order valence-electron chi connectivity index (χ0n) is 16.4. The molecule has 4 aromatic carbocycles. The second-order valence-corrected chi connectivity index (χ2v) is 9.02. The lowest BCUT2D eigenvalue weighted by Gasteiger charge is -2.23. The molecule has 0 aromatic heterocycles. The molecule has 30 heavy (non-hydrogen) atoms. The van der Waals surface area contributed by atoms with E-state index in [4.69, 9.17) is 0 Å². The van der Waals surface area contributed by atoms with Gasteiger partial charge in [-0.1, -0.05) is 103 Å². The zero-order chi connectivity index (χ0) is 20.8. The first-order valence-corrected chi connectivity index (χ1v) is 11.2. The average molecular weight is 414 g/mol. The van der Waals surface area contributed by atoms with Crippen LogP contribution >= 0.6 is 7.92 Å². The van der Waals surface area contributed by atoms with Crippen LogP contribution in [0, 0.1) is 11.6 Å². The number of benzene rings is 4. The Kier molecular flexibility index (Phi) is 6.47. The van der Waals surface area contributed by atoms with Crippen molar-refractivity contribution in [2.24, 2.45) is 0 Å². The van der Waals surface area contributed by atoms with Gasteiger partial charge in [0.25, 0.3) is 0 Å². The molecule has 0 bridgehead atoms. The fourth-order valence-corrected chi connectivity index (χ4v) is 5.93. The fraction of sp³-hybridized carbons (Fsp3) is 0.0370.